The van der Waals surface area contributed by atoms with Crippen molar-refractivity contribution in [3.63, 3.8) is 0 Å². The Hall–Kier alpha value is -2.47. The van der Waals surface area contributed by atoms with Crippen LogP contribution in [0.3, 0.4) is 0 Å². The highest BCUT2D eigenvalue weighted by molar-refractivity contribution is 8.00. The van der Waals surface area contributed by atoms with Crippen molar-refractivity contribution < 1.29 is 14.6 Å². The summed E-state index contributed by atoms with van der Waals surface area (Å²) in [6, 6.07) is 14.5. The third-order valence-electron chi connectivity index (χ3n) is 3.29. The number of hydrogen-bond donors (Lipinski definition) is 1. The molecule has 0 unspecified atom stereocenters. The number of aliphatic carboxylic acids is 1. The van der Waals surface area contributed by atoms with Crippen molar-refractivity contribution in [2.45, 2.75) is 17.3 Å². The van der Waals surface area contributed by atoms with Crippen LogP contribution in [-0.4, -0.2) is 22.5 Å². The molecule has 0 saturated carbocycles. The van der Waals surface area contributed by atoms with Gasteiger partial charge in [-0.2, -0.15) is 0 Å². The summed E-state index contributed by atoms with van der Waals surface area (Å²) in [6.45, 7) is 2.50. The van der Waals surface area contributed by atoms with Crippen molar-refractivity contribution in [1.29, 1.82) is 0 Å². The molecule has 0 saturated heterocycles. The van der Waals surface area contributed by atoms with Crippen LogP contribution in [0.1, 0.15) is 17.7 Å². The van der Waals surface area contributed by atoms with Crippen LogP contribution in [0.25, 0.3) is 11.0 Å². The maximum Gasteiger partial charge on any atom is 0.167 e. The molecule has 0 aliphatic rings. The quantitative estimate of drug-likeness (QED) is 0.704. The van der Waals surface area contributed by atoms with Gasteiger partial charge in [0, 0.05) is 6.07 Å². The topological polar surface area (TPSA) is 78.0 Å². The molecule has 3 aromatic rings. The van der Waals surface area contributed by atoms with Crippen LogP contribution >= 0.6 is 11.8 Å². The van der Waals surface area contributed by atoms with Crippen LogP contribution < -0.4 is 9.84 Å². The molecule has 5 nitrogen and oxygen atoms in total. The lowest BCUT2D eigenvalue weighted by Crippen LogP contribution is -2.28. The van der Waals surface area contributed by atoms with E-state index in [9.17, 15) is 9.90 Å². The zero-order valence-electron chi connectivity index (χ0n) is 12.5. The Kier molecular flexibility index (Phi) is 4.52. The lowest BCUT2D eigenvalue weighted by molar-refractivity contribution is -0.305. The first kappa shape index (κ1) is 15.4. The van der Waals surface area contributed by atoms with E-state index in [1.807, 2.05) is 31.2 Å². The smallest absolute Gasteiger partial charge is 0.167 e. The number of carbonyl (C=O) groups excluding carboxylic acids is 1. The molecule has 0 aliphatic carbocycles. The minimum atomic E-state index is -1.14. The van der Waals surface area contributed by atoms with Crippen molar-refractivity contribution in [3.05, 3.63) is 54.1 Å². The molecule has 1 aromatic heterocycles. The molecule has 0 radical (unpaired) electrons. The molecule has 0 aliphatic heterocycles. The van der Waals surface area contributed by atoms with E-state index < -0.39 is 11.2 Å². The number of hydrogen-bond acceptors (Lipinski definition) is 5. The van der Waals surface area contributed by atoms with Crippen LogP contribution in [0.5, 0.6) is 5.75 Å². The van der Waals surface area contributed by atoms with E-state index >= 15 is 0 Å². The average molecular weight is 327 g/mol. The average Bonchev–Trinajstić information content (AvgIpc) is 2.95. The van der Waals surface area contributed by atoms with Gasteiger partial charge in [0.15, 0.2) is 5.16 Å². The van der Waals surface area contributed by atoms with Gasteiger partial charge in [0.2, 0.25) is 0 Å². The number of nitrogens with zero attached hydrogens (tertiary/aromatic N) is 1. The summed E-state index contributed by atoms with van der Waals surface area (Å²) in [7, 11) is 0. The summed E-state index contributed by atoms with van der Waals surface area (Å²) in [5, 5.41) is 11.2. The SMILES string of the molecule is CCOc1ccc2nc(S[C@@H](C(=O)[O-])c3ccccc3)[nH]c2c1. The molecular weight excluding hydrogens is 312 g/mol. The van der Waals surface area contributed by atoms with Gasteiger partial charge in [0.05, 0.1) is 28.9 Å². The molecule has 0 amide bonds. The lowest BCUT2D eigenvalue weighted by Gasteiger charge is -2.16. The number of thioether (sulfide) groups is 1. The summed E-state index contributed by atoms with van der Waals surface area (Å²) in [4.78, 5) is 19.0. The fourth-order valence-corrected chi connectivity index (χ4v) is 3.20. The number of aromatic nitrogens is 2. The Balaban J connectivity index is 1.88. The number of rotatable bonds is 6. The number of aromatic amines is 1. The molecule has 6 heteroatoms. The van der Waals surface area contributed by atoms with Gasteiger partial charge >= 0.3 is 0 Å². The zero-order chi connectivity index (χ0) is 16.2. The number of carboxylic acid groups (broad SMARTS) is 1. The zero-order valence-corrected chi connectivity index (χ0v) is 13.3. The van der Waals surface area contributed by atoms with E-state index in [0.29, 0.717) is 17.3 Å². The molecule has 0 spiro atoms. The van der Waals surface area contributed by atoms with Crippen molar-refractivity contribution in [2.75, 3.05) is 6.61 Å². The van der Waals surface area contributed by atoms with Crippen LogP contribution in [0.4, 0.5) is 0 Å². The van der Waals surface area contributed by atoms with Crippen LogP contribution in [0, 0.1) is 0 Å². The number of nitrogens with one attached hydrogen (secondary N) is 1. The summed E-state index contributed by atoms with van der Waals surface area (Å²) >= 11 is 1.13. The predicted molar refractivity (Wildman–Crippen MR) is 87.3 cm³/mol. The monoisotopic (exact) mass is 327 g/mol. The number of imidazole rings is 1. The Labute approximate surface area is 137 Å². The highest BCUT2D eigenvalue weighted by Crippen LogP contribution is 2.34. The summed E-state index contributed by atoms with van der Waals surface area (Å²) in [5.41, 5.74) is 2.25. The van der Waals surface area contributed by atoms with E-state index in [1.165, 1.54) is 0 Å². The third kappa shape index (κ3) is 3.48. The predicted octanol–water partition coefficient (Wildman–Crippen LogP) is 2.54. The maximum atomic E-state index is 11.5. The van der Waals surface area contributed by atoms with Crippen molar-refractivity contribution in [1.82, 2.24) is 9.97 Å². The molecule has 118 valence electrons. The number of H-pyrrole nitrogens is 1. The van der Waals surface area contributed by atoms with Gasteiger partial charge in [-0.05, 0) is 24.6 Å². The normalized spacial score (nSPS) is 12.2. The van der Waals surface area contributed by atoms with E-state index in [4.69, 9.17) is 4.74 Å². The van der Waals surface area contributed by atoms with Crippen LogP contribution in [-0.2, 0) is 4.79 Å². The Bertz CT molecular complexity index is 817. The summed E-state index contributed by atoms with van der Waals surface area (Å²) in [5.74, 6) is -0.392. The van der Waals surface area contributed by atoms with E-state index in [1.54, 1.807) is 24.3 Å². The van der Waals surface area contributed by atoms with Gasteiger partial charge in [-0.1, -0.05) is 42.1 Å². The second kappa shape index (κ2) is 6.75. The minimum absolute atomic E-state index is 0.534. The fraction of sp³-hybridized carbons (Fsp3) is 0.176. The van der Waals surface area contributed by atoms with Gasteiger partial charge in [0.25, 0.3) is 0 Å². The van der Waals surface area contributed by atoms with E-state index in [-0.39, 0.29) is 0 Å². The Morgan fingerprint density at radius 2 is 2.09 bits per heavy atom. The first-order valence-corrected chi connectivity index (χ1v) is 8.10. The van der Waals surface area contributed by atoms with Gasteiger partial charge in [0.1, 0.15) is 5.75 Å². The van der Waals surface area contributed by atoms with E-state index in [2.05, 4.69) is 9.97 Å². The third-order valence-corrected chi connectivity index (χ3v) is 4.41. The van der Waals surface area contributed by atoms with Crippen LogP contribution in [0.15, 0.2) is 53.7 Å². The van der Waals surface area contributed by atoms with Gasteiger partial charge in [-0.15, -0.1) is 0 Å². The Morgan fingerprint density at radius 1 is 1.30 bits per heavy atom. The second-order valence-corrected chi connectivity index (χ2v) is 5.98. The molecule has 0 bridgehead atoms. The van der Waals surface area contributed by atoms with Gasteiger partial charge in [-0.3, -0.25) is 0 Å². The fourth-order valence-electron chi connectivity index (χ4n) is 2.27. The molecule has 1 heterocycles. The number of carboxylic acids is 1. The number of carbonyl (C=O) groups is 1. The molecule has 1 N–H and O–H groups in total. The van der Waals surface area contributed by atoms with Crippen LogP contribution in [0.2, 0.25) is 0 Å². The lowest BCUT2D eigenvalue weighted by atomic mass is 10.1. The van der Waals surface area contributed by atoms with Crippen molar-refractivity contribution in [3.8, 4) is 5.75 Å². The summed E-state index contributed by atoms with van der Waals surface area (Å²) < 4.78 is 5.45. The molecule has 23 heavy (non-hydrogen) atoms. The largest absolute Gasteiger partial charge is 0.549 e. The molecule has 2 aromatic carbocycles. The summed E-state index contributed by atoms with van der Waals surface area (Å²) in [6.07, 6.45) is 0. The highest BCUT2D eigenvalue weighted by atomic mass is 32.2. The Morgan fingerprint density at radius 3 is 2.78 bits per heavy atom. The molecule has 1 atom stereocenters. The second-order valence-electron chi connectivity index (χ2n) is 4.88. The first-order chi connectivity index (χ1) is 11.2. The van der Waals surface area contributed by atoms with E-state index in [0.717, 1.165) is 28.5 Å². The maximum absolute atomic E-state index is 11.5. The number of benzene rings is 2. The number of ether oxygens (including phenoxy) is 1. The molecular formula is C17H15N2O3S-. The number of fused-ring (bicyclic) bond motifs is 1. The first-order valence-electron chi connectivity index (χ1n) is 7.22. The van der Waals surface area contributed by atoms with Crippen molar-refractivity contribution in [2.24, 2.45) is 0 Å². The van der Waals surface area contributed by atoms with Crippen molar-refractivity contribution >= 4 is 28.8 Å². The highest BCUT2D eigenvalue weighted by Gasteiger charge is 2.16. The van der Waals surface area contributed by atoms with Gasteiger partial charge < -0.3 is 19.6 Å². The molecule has 0 fully saturated rings. The minimum Gasteiger partial charge on any atom is -0.549 e. The standard InChI is InChI=1S/C17H16N2O3S/c1-2-22-12-8-9-13-14(10-12)19-17(18-13)23-15(16(20)21)11-6-4-3-5-7-11/h3-10,15H,2H2,1H3,(H,18,19)(H,20,21)/p-1/t15-/m1/s1. The molecule has 3 rings (SSSR count). The van der Waals surface area contributed by atoms with Gasteiger partial charge in [-0.25, -0.2) is 4.98 Å².